The van der Waals surface area contributed by atoms with Gasteiger partial charge < -0.3 is 41.7 Å². The van der Waals surface area contributed by atoms with E-state index in [1.165, 1.54) is 155 Å². The smallest absolute Gasteiger partial charge is 0.228 e. The molecule has 4 aromatic carbocycles. The van der Waals surface area contributed by atoms with Crippen LogP contribution in [0, 0.1) is 41.4 Å². The summed E-state index contributed by atoms with van der Waals surface area (Å²) >= 11 is 0. The van der Waals surface area contributed by atoms with E-state index in [1.54, 1.807) is 24.8 Å². The van der Waals surface area contributed by atoms with E-state index in [1.807, 2.05) is 125 Å². The van der Waals surface area contributed by atoms with Gasteiger partial charge in [-0.3, -0.25) is 19.2 Å². The lowest BCUT2D eigenvalue weighted by molar-refractivity contribution is -0.119. The van der Waals surface area contributed by atoms with Crippen molar-refractivity contribution in [3.8, 4) is 45.0 Å². The first-order chi connectivity index (χ1) is 54.5. The van der Waals surface area contributed by atoms with Gasteiger partial charge in [0.2, 0.25) is 23.6 Å². The van der Waals surface area contributed by atoms with Gasteiger partial charge in [-0.25, -0.2) is 39.9 Å². The van der Waals surface area contributed by atoms with Gasteiger partial charge in [-0.15, -0.1) is 0 Å². The van der Waals surface area contributed by atoms with E-state index in [4.69, 9.17) is 19.9 Å². The Hall–Kier alpha value is -9.08. The first-order valence-corrected chi connectivity index (χ1v) is 41.9. The number of hydrogen-bond donors (Lipinski definition) is 8. The highest BCUT2D eigenvalue weighted by Crippen LogP contribution is 2.36. The molecule has 4 heterocycles. The molecule has 112 heavy (non-hydrogen) atoms. The van der Waals surface area contributed by atoms with Crippen molar-refractivity contribution in [1.29, 1.82) is 0 Å². The van der Waals surface area contributed by atoms with E-state index in [9.17, 15) is 39.6 Å². The molecular formula is C92H122N12O8. The second kappa shape index (κ2) is 45.0. The molecule has 0 spiro atoms. The maximum atomic E-state index is 12.7. The van der Waals surface area contributed by atoms with Crippen molar-refractivity contribution in [3.05, 3.63) is 167 Å². The second-order valence-electron chi connectivity index (χ2n) is 32.3. The summed E-state index contributed by atoms with van der Waals surface area (Å²) < 4.78 is 0. The van der Waals surface area contributed by atoms with Crippen molar-refractivity contribution in [2.24, 2.45) is 41.4 Å². The fourth-order valence-electron chi connectivity index (χ4n) is 16.0. The predicted molar refractivity (Wildman–Crippen MR) is 445 cm³/mol. The molecule has 1 atom stereocenters. The van der Waals surface area contributed by atoms with Crippen LogP contribution in [0.5, 0.6) is 0 Å². The molecule has 13 rings (SSSR count). The topological polar surface area (TPSA) is 300 Å². The van der Waals surface area contributed by atoms with Crippen LogP contribution in [0.15, 0.2) is 122 Å². The minimum atomic E-state index is -0.126. The lowest BCUT2D eigenvalue weighted by Crippen LogP contribution is -2.22. The molecule has 8 aromatic rings. The quantitative estimate of drug-likeness (QED) is 0.0250. The Bertz CT molecular complexity index is 4220. The van der Waals surface area contributed by atoms with Crippen molar-refractivity contribution in [1.82, 2.24) is 39.9 Å². The summed E-state index contributed by atoms with van der Waals surface area (Å²) in [7, 11) is 0. The maximum absolute atomic E-state index is 12.7. The molecule has 5 aliphatic carbocycles. The largest absolute Gasteiger partial charge is 0.392 e. The highest BCUT2D eigenvalue weighted by molar-refractivity contribution is 5.93. The predicted octanol–water partition coefficient (Wildman–Crippen LogP) is 18.9. The van der Waals surface area contributed by atoms with Crippen LogP contribution in [0.1, 0.15) is 259 Å². The molecule has 0 aliphatic heterocycles. The van der Waals surface area contributed by atoms with E-state index < -0.39 is 0 Å². The third kappa shape index (κ3) is 27.1. The Kier molecular flexibility index (Phi) is 34.3. The number of aliphatic hydroxyl groups is 4. The summed E-state index contributed by atoms with van der Waals surface area (Å²) in [5, 5.41) is 48.9. The molecule has 0 bridgehead atoms. The summed E-state index contributed by atoms with van der Waals surface area (Å²) in [6.45, 7) is 9.62. The van der Waals surface area contributed by atoms with E-state index in [-0.39, 0.29) is 56.0 Å². The number of carbonyl (C=O) groups excluding carboxylic acids is 4. The average Bonchev–Trinajstić information content (AvgIpc) is 0.837. The molecule has 8 N–H and O–H groups in total. The molecular weight excluding hydrogens is 1400 g/mol. The number of amides is 4. The van der Waals surface area contributed by atoms with Gasteiger partial charge in [-0.05, 0) is 103 Å². The third-order valence-electron chi connectivity index (χ3n) is 22.8. The lowest BCUT2D eigenvalue weighted by Gasteiger charge is -2.23. The Balaban J connectivity index is 0.000000159. The van der Waals surface area contributed by atoms with Crippen LogP contribution < -0.4 is 21.3 Å². The first-order valence-electron chi connectivity index (χ1n) is 41.9. The minimum absolute atomic E-state index is 0.00161. The van der Waals surface area contributed by atoms with E-state index >= 15 is 0 Å². The summed E-state index contributed by atoms with van der Waals surface area (Å²) in [4.78, 5) is 86.7. The molecule has 20 nitrogen and oxygen atoms in total. The summed E-state index contributed by atoms with van der Waals surface area (Å²) in [5.41, 5.74) is 14.1. The van der Waals surface area contributed by atoms with Gasteiger partial charge in [0.15, 0.2) is 23.3 Å². The van der Waals surface area contributed by atoms with Crippen molar-refractivity contribution < 1.29 is 39.6 Å². The molecule has 5 aliphatic rings. The number of aliphatic hydroxyl groups excluding tert-OH is 4. The van der Waals surface area contributed by atoms with Crippen molar-refractivity contribution in [3.63, 3.8) is 0 Å². The maximum Gasteiger partial charge on any atom is 0.228 e. The number of hydrogen-bond acceptors (Lipinski definition) is 16. The number of nitrogens with zero attached hydrogens (tertiary/aromatic N) is 8. The fourth-order valence-corrected chi connectivity index (χ4v) is 16.0. The van der Waals surface area contributed by atoms with Gasteiger partial charge in [0.05, 0.1) is 96.8 Å². The van der Waals surface area contributed by atoms with Crippen molar-refractivity contribution in [2.75, 3.05) is 21.3 Å². The molecule has 0 radical (unpaired) electrons. The van der Waals surface area contributed by atoms with Gasteiger partial charge in [-0.2, -0.15) is 0 Å². The van der Waals surface area contributed by atoms with Crippen LogP contribution in [0.4, 0.5) is 23.3 Å². The number of anilines is 4. The Morgan fingerprint density at radius 1 is 0.357 bits per heavy atom. The zero-order chi connectivity index (χ0) is 79.0. The van der Waals surface area contributed by atoms with E-state index in [0.29, 0.717) is 71.6 Å². The normalized spacial score (nSPS) is 16.1. The zero-order valence-corrected chi connectivity index (χ0v) is 67.0. The van der Waals surface area contributed by atoms with Crippen LogP contribution in [0.25, 0.3) is 45.0 Å². The Morgan fingerprint density at radius 2 is 0.616 bits per heavy atom. The zero-order valence-electron chi connectivity index (χ0n) is 67.0. The molecule has 5 fully saturated rings. The Morgan fingerprint density at radius 3 is 0.875 bits per heavy atom. The second-order valence-corrected chi connectivity index (χ2v) is 32.3. The number of carbonyl (C=O) groups is 4. The SMILES string of the molecule is CC(=O)Nc1ncc(-c2ccc(CO)cc2)nc1CC1CCCCC1.CC(C)CC(=O)Nc1ncc(-c2ccc(CO)cc2)nc1CC1CCCCC1.CCC(C)C(=O)Nc1ncc(-c2ccc(CO)cc2)nc1CC1CCCCC1.O=C(CC1CCCCC1)Nc1ncc(-c2ccc(CO)cc2)nc1CC1CCCCC1. The first kappa shape index (κ1) is 85.3. The van der Waals surface area contributed by atoms with E-state index in [0.717, 1.165) is 135 Å². The van der Waals surface area contributed by atoms with Crippen LogP contribution in [0.3, 0.4) is 0 Å². The van der Waals surface area contributed by atoms with E-state index in [2.05, 4.69) is 41.2 Å². The van der Waals surface area contributed by atoms with Gasteiger partial charge >= 0.3 is 0 Å². The Labute approximate surface area is 664 Å². The highest BCUT2D eigenvalue weighted by atomic mass is 16.3. The number of rotatable bonds is 26. The molecule has 598 valence electrons. The van der Waals surface area contributed by atoms with Gasteiger partial charge in [-0.1, -0.05) is 272 Å². The van der Waals surface area contributed by atoms with Crippen LogP contribution in [-0.2, 0) is 71.3 Å². The van der Waals surface area contributed by atoms with Crippen LogP contribution in [-0.4, -0.2) is 83.9 Å². The highest BCUT2D eigenvalue weighted by Gasteiger charge is 2.26. The van der Waals surface area contributed by atoms with Crippen molar-refractivity contribution in [2.45, 2.75) is 267 Å². The summed E-state index contributed by atoms with van der Waals surface area (Å²) in [5.74, 6) is 5.58. The third-order valence-corrected chi connectivity index (χ3v) is 22.8. The average molecular weight is 1520 g/mol. The number of aromatic nitrogens is 8. The molecule has 4 amide bonds. The van der Waals surface area contributed by atoms with Crippen molar-refractivity contribution >= 4 is 46.9 Å². The number of benzene rings is 4. The van der Waals surface area contributed by atoms with Gasteiger partial charge in [0, 0.05) is 47.9 Å². The molecule has 0 saturated heterocycles. The lowest BCUT2D eigenvalue weighted by atomic mass is 9.86. The number of nitrogens with one attached hydrogen (secondary N) is 4. The monoisotopic (exact) mass is 1520 g/mol. The molecule has 20 heteroatoms. The van der Waals surface area contributed by atoms with Gasteiger partial charge in [0.25, 0.3) is 0 Å². The standard InChI is InChI=1S/C26H35N3O2.2C23H31N3O2.C20H25N3O2/c30-18-21-11-13-22(14-12-21)24-17-27-26(23(28-24)15-19-7-3-1-4-8-19)29-25(31)16-20-9-5-2-6-10-20;1-16(2)12-22(28)26-23-20(13-17-6-4-3-5-7-17)25-21(14-24-23)19-10-8-18(15-27)9-11-19;1-3-16(2)23(28)26-22-20(13-17-7-5-4-6-8-17)25-21(14-24-22)19-11-9-18(15-27)10-12-19;1-14(25)22-20-18(11-15-5-3-2-4-6-15)23-19(12-21-20)17-9-7-16(13-24)8-10-17/h11-14,17,19-20,30H,1-10,15-16,18H2,(H,27,29,31);8-11,14,16-17,27H,3-7,12-13,15H2,1-2H3,(H,24,26,28);9-12,14,16-17,27H,3-8,13,15H2,1-2H3,(H,24,26,28);7-10,12,15,24H,2-6,11,13H2,1H3,(H,21,22,25). The van der Waals surface area contributed by atoms with Crippen LogP contribution in [0.2, 0.25) is 0 Å². The fraction of sp³-hybridized carbons (Fsp3) is 0.522. The van der Waals surface area contributed by atoms with Crippen LogP contribution >= 0.6 is 0 Å². The minimum Gasteiger partial charge on any atom is -0.392 e. The summed E-state index contributed by atoms with van der Waals surface area (Å²) in [6.07, 6.45) is 43.6. The van der Waals surface area contributed by atoms with Gasteiger partial charge in [0.1, 0.15) is 0 Å². The summed E-state index contributed by atoms with van der Waals surface area (Å²) in [6, 6.07) is 30.9. The molecule has 1 unspecified atom stereocenters. The molecule has 5 saturated carbocycles. The molecule has 4 aromatic heterocycles.